The van der Waals surface area contributed by atoms with Crippen LogP contribution in [0, 0.1) is 11.8 Å². The van der Waals surface area contributed by atoms with Gasteiger partial charge in [0.15, 0.2) is 6.20 Å². The minimum absolute atomic E-state index is 0. The van der Waals surface area contributed by atoms with E-state index in [2.05, 4.69) is 66.1 Å². The summed E-state index contributed by atoms with van der Waals surface area (Å²) >= 11 is 0. The van der Waals surface area contributed by atoms with Crippen molar-refractivity contribution in [3.63, 3.8) is 0 Å². The summed E-state index contributed by atoms with van der Waals surface area (Å²) in [6.07, 6.45) is 12.8. The highest BCUT2D eigenvalue weighted by atomic mass is 35.5. The Labute approximate surface area is 557 Å². The zero-order chi connectivity index (χ0) is 65.3. The molecule has 0 spiro atoms. The average Bonchev–Trinajstić information content (AvgIpc) is 1.59. The van der Waals surface area contributed by atoms with Crippen molar-refractivity contribution in [1.82, 2.24) is 40.6 Å². The van der Waals surface area contributed by atoms with Gasteiger partial charge >= 0.3 is 6.09 Å². The van der Waals surface area contributed by atoms with Crippen LogP contribution in [0.2, 0.25) is 0 Å². The van der Waals surface area contributed by atoms with Crippen molar-refractivity contribution in [3.05, 3.63) is 98.9 Å². The van der Waals surface area contributed by atoms with Gasteiger partial charge in [-0.05, 0) is 116 Å². The van der Waals surface area contributed by atoms with Crippen LogP contribution in [0.4, 0.5) is 4.79 Å². The molecule has 6 amide bonds. The van der Waals surface area contributed by atoms with Gasteiger partial charge in [0.05, 0.1) is 54.3 Å². The fraction of sp³-hybridized carbons (Fsp3) is 0.531. The Hall–Kier alpha value is -7.30. The number of halogens is 2. The lowest BCUT2D eigenvalue weighted by Gasteiger charge is -2.30. The van der Waals surface area contributed by atoms with E-state index in [0.717, 1.165) is 35.9 Å². The lowest BCUT2D eigenvalue weighted by molar-refractivity contribution is -0.344. The van der Waals surface area contributed by atoms with Gasteiger partial charge in [0.2, 0.25) is 43.3 Å². The van der Waals surface area contributed by atoms with Crippen molar-refractivity contribution in [2.75, 3.05) is 34.4 Å². The van der Waals surface area contributed by atoms with Gasteiger partial charge in [0, 0.05) is 54.9 Å². The van der Waals surface area contributed by atoms with Gasteiger partial charge in [-0.25, -0.2) is 26.6 Å². The second kappa shape index (κ2) is 32.2. The molecule has 512 valence electrons. The Kier molecular flexibility index (Phi) is 26.5. The van der Waals surface area contributed by atoms with Crippen LogP contribution >= 0.6 is 12.4 Å². The van der Waals surface area contributed by atoms with E-state index in [-0.39, 0.29) is 76.0 Å². The summed E-state index contributed by atoms with van der Waals surface area (Å²) in [6.45, 7) is 16.8. The van der Waals surface area contributed by atoms with E-state index in [9.17, 15) is 45.6 Å². The Balaban J connectivity index is 0.000000341. The highest BCUT2D eigenvalue weighted by molar-refractivity contribution is 7.91. The predicted molar refractivity (Wildman–Crippen MR) is 350 cm³/mol. The molecule has 25 nitrogen and oxygen atoms in total. The number of hydrogen-bond donors (Lipinski definition) is 7. The number of hydrogen-bond acceptors (Lipinski definition) is 18. The molecule has 4 heterocycles. The molecule has 93 heavy (non-hydrogen) atoms. The number of H-pyrrole nitrogens is 1. The summed E-state index contributed by atoms with van der Waals surface area (Å²) in [5.41, 5.74) is 2.33. The Morgan fingerprint density at radius 1 is 0.774 bits per heavy atom. The number of aromatic nitrogens is 2. The molecule has 4 aromatic rings. The van der Waals surface area contributed by atoms with Crippen LogP contribution in [-0.2, 0) is 48.8 Å². The molecule has 2 saturated heterocycles. The number of nitrogens with one attached hydrogen (secondary N) is 7. The van der Waals surface area contributed by atoms with Gasteiger partial charge in [-0.15, -0.1) is 32.1 Å². The molecule has 4 saturated carbocycles. The Bertz CT molecular complexity index is 3610. The quantitative estimate of drug-likeness (QED) is 0.0350. The number of carbonyl (C=O) groups excluding carboxylic acids is 6. The second-order valence-electron chi connectivity index (χ2n) is 24.4. The topological polar surface area (TPSA) is 345 Å². The third kappa shape index (κ3) is 18.8. The van der Waals surface area contributed by atoms with Gasteiger partial charge < -0.3 is 68.0 Å². The van der Waals surface area contributed by atoms with Gasteiger partial charge in [-0.3, -0.25) is 38.4 Å². The van der Waals surface area contributed by atoms with Crippen LogP contribution in [0.3, 0.4) is 0 Å². The highest BCUT2D eigenvalue weighted by Gasteiger charge is 2.63. The van der Waals surface area contributed by atoms with Crippen LogP contribution in [0.15, 0.2) is 98.9 Å². The van der Waals surface area contributed by atoms with Gasteiger partial charge in [0.1, 0.15) is 64.0 Å². The molecule has 6 aliphatic rings. The minimum atomic E-state index is -3.90. The third-order valence-electron chi connectivity index (χ3n) is 16.6. The summed E-state index contributed by atoms with van der Waals surface area (Å²) in [7, 11) is -2.95. The number of likely N-dealkylation sites (tertiary alicyclic amines) is 1. The molecule has 29 heteroatoms. The van der Waals surface area contributed by atoms with E-state index in [0.29, 0.717) is 79.6 Å². The van der Waals surface area contributed by atoms with Crippen LogP contribution in [0.25, 0.3) is 21.8 Å². The molecule has 0 bridgehead atoms. The summed E-state index contributed by atoms with van der Waals surface area (Å²) in [5, 5.41) is 11.9. The largest absolute Gasteiger partial charge is 1.00 e. The molecule has 0 unspecified atom stereocenters. The van der Waals surface area contributed by atoms with E-state index < -0.39 is 107 Å². The molecular weight excluding hydrogens is 1280 g/mol. The first-order valence-electron chi connectivity index (χ1n) is 30.3. The third-order valence-corrected chi connectivity index (χ3v) is 20.2. The molecule has 9 N–H and O–H groups in total. The van der Waals surface area contributed by atoms with Crippen LogP contribution in [0.1, 0.15) is 112 Å². The Morgan fingerprint density at radius 3 is 1.88 bits per heavy atom. The van der Waals surface area contributed by atoms with Crippen molar-refractivity contribution in [1.29, 1.82) is 0 Å². The zero-order valence-corrected chi connectivity index (χ0v) is 55.8. The number of benzene rings is 2. The first-order chi connectivity index (χ1) is 42.9. The molecular formula is C64H90Cl2N10O15S2. The molecule has 0 radical (unpaired) electrons. The fourth-order valence-corrected chi connectivity index (χ4v) is 13.9. The van der Waals surface area contributed by atoms with Gasteiger partial charge in [-0.2, -0.15) is 0 Å². The molecule has 2 aromatic carbocycles. The lowest BCUT2D eigenvalue weighted by atomic mass is 10.0. The van der Waals surface area contributed by atoms with E-state index >= 15 is 0 Å². The fourth-order valence-electron chi connectivity index (χ4n) is 11.2. The normalized spacial score (nSPS) is 23.6. The van der Waals surface area contributed by atoms with Crippen LogP contribution in [-0.4, -0.2) is 154 Å². The number of alkyl carbamates (subject to hydrolysis) is 1. The number of fused-ring (bicyclic) bond motifs is 2. The molecule has 2 aliphatic heterocycles. The maximum Gasteiger partial charge on any atom is 0.408 e. The highest BCUT2D eigenvalue weighted by Crippen LogP contribution is 2.47. The zero-order valence-electron chi connectivity index (χ0n) is 52.6. The van der Waals surface area contributed by atoms with Crippen molar-refractivity contribution >= 4 is 89.9 Å². The van der Waals surface area contributed by atoms with Gasteiger partial charge in [0.25, 0.3) is 11.8 Å². The number of aromatic amines is 1. The standard InChI is InChI=1S/C38H51N5O9S.C24H28N4O6S.CH5N.CH4.2ClH/c1-7-9-10-11-12-13-29(40-36(47)52-37(3,4)5)34(45)43-23-26(51-32-18-19-39-30-20-25(50-6)14-17-28(30)32)21-31(43)33(44)41-38(22-24(38)8-2)35(46)42-53(48,49)27-15-16-27;1-3-14-12-24(14,23(30)28-35(31,32)17-5-6-17)27-22(29)20-11-16(13-26-20)34-21-8-9-25-19-10-15(33-2)4-7-18(19)21;1-2;;;/h7-8,14,17-20,24,26-27,29,31H,1-2,9-13,15-16,21-23H2,3-6H3,(H,40,47)(H,41,44)(H,42,46);3-4,7-10,14,16-17,20,26H,1,5-6,11-13H2,2H3,(H,27,29)(H,28,30);2H2,1H3;1H4;2*1H/t24-,26-,29+,31+,38-;14-,16-,20+,24-;;;;/m11..../s1. The van der Waals surface area contributed by atoms with Crippen LogP contribution in [0.5, 0.6) is 23.0 Å². The second-order valence-corrected chi connectivity index (χ2v) is 28.3. The number of nitrogens with two attached hydrogens (primary N) is 1. The van der Waals surface area contributed by atoms with Crippen molar-refractivity contribution in [2.24, 2.45) is 17.6 Å². The maximum absolute atomic E-state index is 14.5. The first-order valence-corrected chi connectivity index (χ1v) is 33.4. The molecule has 6 fully saturated rings. The van der Waals surface area contributed by atoms with Crippen LogP contribution < -0.4 is 72.8 Å². The number of allylic oxidation sites excluding steroid dienone is 1. The predicted octanol–water partition coefficient (Wildman–Crippen LogP) is 2.37. The summed E-state index contributed by atoms with van der Waals surface area (Å²) in [5.74, 6) is -1.40. The van der Waals surface area contributed by atoms with E-state index in [1.165, 1.54) is 18.0 Å². The molecule has 2 aromatic heterocycles. The number of carbonyl (C=O) groups is 6. The number of nitrogens with zero attached hydrogens (tertiary/aromatic N) is 2. The number of unbranched alkanes of at least 4 members (excludes halogenated alkanes) is 3. The molecule has 9 atom stereocenters. The van der Waals surface area contributed by atoms with Gasteiger partial charge in [-0.1, -0.05) is 38.5 Å². The number of methoxy groups -OCH3 is 2. The van der Waals surface area contributed by atoms with Crippen molar-refractivity contribution in [3.8, 4) is 23.0 Å². The number of pyridine rings is 2. The SMILES string of the molecule is C.C=CCCCCC[C@H](NC(=O)OC(C)(C)C)C(=O)N1C[C@H](Oc2ccnc3cc(OC)ccc23)C[C@H]1C(=O)N[C@]1(C(=O)NS(=O)(=O)C2CC2)C[C@H]1C=C.C=C[C@@H]1C[C@]1(NC(=O)[C@@H]1C[C@@H](Oc2cc[nH+]c3cc(OC)ccc23)CN1)C(=O)NS(=O)(=O)C1CC1.CN.Cl.[Cl-]. The van der Waals surface area contributed by atoms with Crippen molar-refractivity contribution < 1.29 is 86.7 Å². The average molecular weight is 1370 g/mol. The monoisotopic (exact) mass is 1370 g/mol. The first kappa shape index (κ1) is 76.4. The van der Waals surface area contributed by atoms with E-state index in [4.69, 9.17) is 23.7 Å². The smallest absolute Gasteiger partial charge is 0.408 e. The lowest BCUT2D eigenvalue weighted by Crippen LogP contribution is -3.00. The number of rotatable bonds is 26. The van der Waals surface area contributed by atoms with Crippen molar-refractivity contribution in [2.45, 2.75) is 169 Å². The number of ether oxygens (including phenoxy) is 5. The molecule has 4 aliphatic carbocycles. The number of sulfonamides is 2. The van der Waals surface area contributed by atoms with E-state index in [1.807, 2.05) is 36.4 Å². The number of amides is 6. The maximum atomic E-state index is 14.5. The van der Waals surface area contributed by atoms with E-state index in [1.54, 1.807) is 71.7 Å². The Morgan fingerprint density at radius 2 is 1.33 bits per heavy atom. The summed E-state index contributed by atoms with van der Waals surface area (Å²) in [4.78, 5) is 90.1. The summed E-state index contributed by atoms with van der Waals surface area (Å²) in [6, 6.07) is 11.8. The minimum Gasteiger partial charge on any atom is -1.00 e. The summed E-state index contributed by atoms with van der Waals surface area (Å²) < 4.78 is 83.0. The molecule has 10 rings (SSSR count).